The van der Waals surface area contributed by atoms with Crippen LogP contribution in [0.2, 0.25) is 0 Å². The largest absolute Gasteiger partial charge is 0.285 e. The minimum absolute atomic E-state index is 0.355. The molecule has 0 unspecified atom stereocenters. The monoisotopic (exact) mass is 401 g/mol. The lowest BCUT2D eigenvalue weighted by Gasteiger charge is -2.07. The molecule has 0 radical (unpaired) electrons. The summed E-state index contributed by atoms with van der Waals surface area (Å²) in [5.41, 5.74) is 14.0. The van der Waals surface area contributed by atoms with E-state index in [0.717, 1.165) is 35.1 Å². The Morgan fingerprint density at radius 3 is 2.57 bits per heavy atom. The smallest absolute Gasteiger partial charge is 0.173 e. The minimum atomic E-state index is -0.367. The van der Waals surface area contributed by atoms with Crippen LogP contribution in [0, 0.1) is 5.82 Å². The van der Waals surface area contributed by atoms with Gasteiger partial charge in [0.2, 0.25) is 0 Å². The van der Waals surface area contributed by atoms with E-state index in [1.807, 2.05) is 12.4 Å². The van der Waals surface area contributed by atoms with Crippen LogP contribution < -0.4 is 16.5 Å². The third-order valence-corrected chi connectivity index (χ3v) is 5.12. The highest BCUT2D eigenvalue weighted by molar-refractivity contribution is 6.00. The van der Waals surface area contributed by atoms with Crippen LogP contribution >= 0.6 is 0 Å². The van der Waals surface area contributed by atoms with Gasteiger partial charge < -0.3 is 0 Å². The van der Waals surface area contributed by atoms with Crippen molar-refractivity contribution in [1.29, 1.82) is 0 Å². The molecule has 3 heterocycles. The van der Waals surface area contributed by atoms with E-state index in [2.05, 4.69) is 62.9 Å². The van der Waals surface area contributed by atoms with Gasteiger partial charge >= 0.3 is 0 Å². The number of benzene rings is 2. The Labute approximate surface area is 172 Å². The summed E-state index contributed by atoms with van der Waals surface area (Å²) in [6.07, 6.45) is 7.75. The van der Waals surface area contributed by atoms with Crippen LogP contribution in [0.15, 0.2) is 66.2 Å². The molecule has 0 atom stereocenters. The van der Waals surface area contributed by atoms with Crippen molar-refractivity contribution in [2.45, 2.75) is 19.8 Å². The molecule has 1 aliphatic rings. The van der Waals surface area contributed by atoms with Gasteiger partial charge in [0.1, 0.15) is 5.82 Å². The van der Waals surface area contributed by atoms with E-state index in [1.54, 1.807) is 22.8 Å². The number of aryl methyl sites for hydroxylation is 1. The molecule has 30 heavy (non-hydrogen) atoms. The fourth-order valence-electron chi connectivity index (χ4n) is 3.58. The molecule has 4 aromatic rings. The average Bonchev–Trinajstić information content (AvgIpc) is 3.45. The van der Waals surface area contributed by atoms with Crippen molar-refractivity contribution >= 4 is 11.5 Å². The summed E-state index contributed by atoms with van der Waals surface area (Å²) in [6, 6.07) is 13.4. The molecule has 1 aliphatic heterocycles. The number of nitrogens with zero attached hydrogens (tertiary/aromatic N) is 4. The molecule has 2 aromatic heterocycles. The number of hydrogen-bond donors (Lipinski definition) is 3. The molecular weight excluding hydrogens is 381 g/mol. The first-order chi connectivity index (χ1) is 14.7. The summed E-state index contributed by atoms with van der Waals surface area (Å²) in [6.45, 7) is 2.18. The van der Waals surface area contributed by atoms with Gasteiger partial charge in [0.25, 0.3) is 0 Å². The highest BCUT2D eigenvalue weighted by Gasteiger charge is 2.16. The van der Waals surface area contributed by atoms with Gasteiger partial charge in [-0.3, -0.25) is 5.43 Å². The normalized spacial score (nSPS) is 13.2. The number of fused-ring (bicyclic) bond motifs is 1. The fourth-order valence-corrected chi connectivity index (χ4v) is 3.58. The van der Waals surface area contributed by atoms with Crippen molar-refractivity contribution in [3.8, 4) is 22.3 Å². The van der Waals surface area contributed by atoms with Gasteiger partial charge in [-0.1, -0.05) is 43.7 Å². The summed E-state index contributed by atoms with van der Waals surface area (Å²) in [5.74, 6) is 0.0151. The second-order valence-corrected chi connectivity index (χ2v) is 7.13. The number of hydrazone groups is 1. The number of amidine groups is 1. The Bertz CT molecular complexity index is 1240. The predicted octanol–water partition coefficient (Wildman–Crippen LogP) is 3.43. The molecule has 2 aromatic carbocycles. The topological polar surface area (TPSA) is 78.6 Å². The van der Waals surface area contributed by atoms with Gasteiger partial charge in [-0.05, 0) is 35.2 Å². The molecule has 3 N–H and O–H groups in total. The van der Waals surface area contributed by atoms with E-state index in [0.29, 0.717) is 17.0 Å². The molecule has 0 amide bonds. The van der Waals surface area contributed by atoms with E-state index >= 15 is 0 Å². The first-order valence-electron chi connectivity index (χ1n) is 9.79. The summed E-state index contributed by atoms with van der Waals surface area (Å²) < 4.78 is 16.0. The lowest BCUT2D eigenvalue weighted by molar-refractivity contribution is 0.576. The summed E-state index contributed by atoms with van der Waals surface area (Å²) in [7, 11) is 0. The summed E-state index contributed by atoms with van der Waals surface area (Å²) in [4.78, 5) is 4.64. The van der Waals surface area contributed by atoms with Crippen molar-refractivity contribution < 1.29 is 4.39 Å². The van der Waals surface area contributed by atoms with Crippen LogP contribution in [0.1, 0.15) is 24.5 Å². The van der Waals surface area contributed by atoms with Gasteiger partial charge in [0.05, 0.1) is 11.8 Å². The highest BCUT2D eigenvalue weighted by atomic mass is 19.1. The van der Waals surface area contributed by atoms with Crippen molar-refractivity contribution in [2.75, 3.05) is 0 Å². The lowest BCUT2D eigenvalue weighted by atomic mass is 10.0. The molecule has 0 spiro atoms. The molecule has 150 valence electrons. The average molecular weight is 401 g/mol. The van der Waals surface area contributed by atoms with Crippen LogP contribution in [0.25, 0.3) is 27.9 Å². The SMILES string of the molecule is CCCc1ccc(-c2cnc3c(-c4ccc(F)c(C5=NNNN5)c4)cnn3c2)cc1. The number of hydrazine groups is 2. The second kappa shape index (κ2) is 7.57. The van der Waals surface area contributed by atoms with Crippen molar-refractivity contribution in [2.24, 2.45) is 5.10 Å². The van der Waals surface area contributed by atoms with Gasteiger partial charge in [-0.25, -0.2) is 19.4 Å². The number of aromatic nitrogens is 3. The fraction of sp³-hybridized carbons (Fsp3) is 0.136. The van der Waals surface area contributed by atoms with Crippen molar-refractivity contribution in [3.05, 3.63) is 78.0 Å². The van der Waals surface area contributed by atoms with E-state index in [-0.39, 0.29) is 5.82 Å². The molecule has 7 nitrogen and oxygen atoms in total. The highest BCUT2D eigenvalue weighted by Crippen LogP contribution is 2.27. The molecule has 0 bridgehead atoms. The van der Waals surface area contributed by atoms with Gasteiger partial charge in [0, 0.05) is 23.5 Å². The van der Waals surface area contributed by atoms with Crippen molar-refractivity contribution in [1.82, 2.24) is 31.1 Å². The first kappa shape index (κ1) is 18.3. The Morgan fingerprint density at radius 2 is 1.80 bits per heavy atom. The van der Waals surface area contributed by atoms with Crippen LogP contribution in [0.4, 0.5) is 4.39 Å². The Hall–Kier alpha value is -3.78. The zero-order valence-corrected chi connectivity index (χ0v) is 16.4. The Morgan fingerprint density at radius 1 is 0.967 bits per heavy atom. The lowest BCUT2D eigenvalue weighted by Crippen LogP contribution is -2.35. The molecule has 0 saturated heterocycles. The van der Waals surface area contributed by atoms with E-state index in [4.69, 9.17) is 0 Å². The molecule has 0 aliphatic carbocycles. The third-order valence-electron chi connectivity index (χ3n) is 5.12. The molecule has 0 saturated carbocycles. The summed E-state index contributed by atoms with van der Waals surface area (Å²) >= 11 is 0. The Kier molecular flexibility index (Phi) is 4.61. The molecule has 8 heteroatoms. The molecule has 5 rings (SSSR count). The van der Waals surface area contributed by atoms with E-state index in [1.165, 1.54) is 11.6 Å². The number of nitrogens with one attached hydrogen (secondary N) is 3. The predicted molar refractivity (Wildman–Crippen MR) is 114 cm³/mol. The number of halogens is 1. The number of rotatable bonds is 5. The van der Waals surface area contributed by atoms with Crippen LogP contribution in [-0.4, -0.2) is 20.4 Å². The van der Waals surface area contributed by atoms with E-state index in [9.17, 15) is 4.39 Å². The van der Waals surface area contributed by atoms with Crippen LogP contribution in [0.3, 0.4) is 0 Å². The third kappa shape index (κ3) is 3.27. The van der Waals surface area contributed by atoms with Crippen molar-refractivity contribution in [3.63, 3.8) is 0 Å². The summed E-state index contributed by atoms with van der Waals surface area (Å²) in [5, 5.41) is 8.45. The zero-order chi connectivity index (χ0) is 20.5. The maximum atomic E-state index is 14.3. The quantitative estimate of drug-likeness (QED) is 0.478. The maximum absolute atomic E-state index is 14.3. The second-order valence-electron chi connectivity index (χ2n) is 7.13. The minimum Gasteiger partial charge on any atom is -0.285 e. The maximum Gasteiger partial charge on any atom is 0.173 e. The van der Waals surface area contributed by atoms with Crippen LogP contribution in [0.5, 0.6) is 0 Å². The van der Waals surface area contributed by atoms with Crippen LogP contribution in [-0.2, 0) is 6.42 Å². The standard InChI is InChI=1S/C22H20FN7/c1-2-3-14-4-6-15(7-5-14)17-11-24-22-19(12-25-30(22)13-17)16-8-9-20(23)18(10-16)21-26-28-29-27-21/h4-13,28-29H,2-3H2,1H3,(H,26,27). The van der Waals surface area contributed by atoms with Gasteiger partial charge in [0.15, 0.2) is 11.5 Å². The van der Waals surface area contributed by atoms with Gasteiger partial charge in [-0.2, -0.15) is 5.10 Å². The Balaban J connectivity index is 1.51. The molecule has 0 fully saturated rings. The molecular formula is C22H20FN7. The first-order valence-corrected chi connectivity index (χ1v) is 9.79. The van der Waals surface area contributed by atoms with E-state index < -0.39 is 0 Å². The number of hydrogen-bond acceptors (Lipinski definition) is 6. The van der Waals surface area contributed by atoms with Gasteiger partial charge in [-0.15, -0.1) is 10.6 Å². The zero-order valence-electron chi connectivity index (χ0n) is 16.4.